The average molecular weight is 460 g/mol. The first-order chi connectivity index (χ1) is 15.6. The second-order valence-corrected chi connectivity index (χ2v) is 7.74. The molecule has 0 spiro atoms. The van der Waals surface area contributed by atoms with Crippen molar-refractivity contribution in [3.63, 3.8) is 0 Å². The van der Waals surface area contributed by atoms with Crippen molar-refractivity contribution in [3.05, 3.63) is 59.4 Å². The van der Waals surface area contributed by atoms with Gasteiger partial charge in [-0.1, -0.05) is 12.1 Å². The van der Waals surface area contributed by atoms with Crippen LogP contribution in [0.3, 0.4) is 0 Å². The minimum atomic E-state index is -4.87. The maximum absolute atomic E-state index is 12.9. The van der Waals surface area contributed by atoms with E-state index < -0.39 is 18.0 Å². The van der Waals surface area contributed by atoms with Gasteiger partial charge in [0.2, 0.25) is 0 Å². The van der Waals surface area contributed by atoms with E-state index in [-0.39, 0.29) is 5.56 Å². The number of aryl methyl sites for hydroxylation is 2. The molecule has 3 aromatic rings. The highest BCUT2D eigenvalue weighted by Crippen LogP contribution is 2.28. The monoisotopic (exact) mass is 460 g/mol. The molecule has 1 aliphatic rings. The summed E-state index contributed by atoms with van der Waals surface area (Å²) >= 11 is 0. The smallest absolute Gasteiger partial charge is 0.405 e. The number of aromatic nitrogens is 4. The summed E-state index contributed by atoms with van der Waals surface area (Å²) in [5.74, 6) is 1.02. The summed E-state index contributed by atoms with van der Waals surface area (Å²) in [5.41, 5.74) is 1.78. The summed E-state index contributed by atoms with van der Waals surface area (Å²) in [5, 5.41) is 0. The van der Waals surface area contributed by atoms with Gasteiger partial charge in [-0.2, -0.15) is 0 Å². The predicted octanol–water partition coefficient (Wildman–Crippen LogP) is 3.45. The Hall–Kier alpha value is -3.63. The second-order valence-electron chi connectivity index (χ2n) is 7.74. The van der Waals surface area contributed by atoms with E-state index in [4.69, 9.17) is 0 Å². The van der Waals surface area contributed by atoms with Crippen molar-refractivity contribution >= 4 is 11.7 Å². The zero-order chi connectivity index (χ0) is 23.8. The first kappa shape index (κ1) is 22.6. The Bertz CT molecular complexity index is 1170. The van der Waals surface area contributed by atoms with Gasteiger partial charge in [0.1, 0.15) is 29.5 Å². The van der Waals surface area contributed by atoms with Crippen molar-refractivity contribution in [1.82, 2.24) is 24.4 Å². The van der Waals surface area contributed by atoms with E-state index >= 15 is 0 Å². The number of hydrogen-bond donors (Lipinski definition) is 0. The Labute approximate surface area is 188 Å². The Balaban J connectivity index is 1.49. The molecule has 1 amide bonds. The van der Waals surface area contributed by atoms with E-state index in [1.807, 2.05) is 36.3 Å². The number of hydrogen-bond acceptors (Lipinski definition) is 6. The maximum atomic E-state index is 12.9. The van der Waals surface area contributed by atoms with Crippen LogP contribution in [0.5, 0.6) is 5.75 Å². The van der Waals surface area contributed by atoms with Crippen LogP contribution in [0.25, 0.3) is 5.82 Å². The van der Waals surface area contributed by atoms with Crippen LogP contribution in [-0.2, 0) is 0 Å². The van der Waals surface area contributed by atoms with Crippen LogP contribution in [0.2, 0.25) is 0 Å². The number of rotatable bonds is 4. The van der Waals surface area contributed by atoms with E-state index in [1.165, 1.54) is 23.1 Å². The van der Waals surface area contributed by atoms with Gasteiger partial charge in [-0.3, -0.25) is 9.36 Å². The predicted molar refractivity (Wildman–Crippen MR) is 115 cm³/mol. The fraction of sp³-hybridized carbons (Fsp3) is 0.364. The summed E-state index contributed by atoms with van der Waals surface area (Å²) in [4.78, 5) is 29.8. The fourth-order valence-corrected chi connectivity index (χ4v) is 3.72. The third-order valence-corrected chi connectivity index (χ3v) is 5.54. The minimum Gasteiger partial charge on any atom is -0.405 e. The number of anilines is 1. The van der Waals surface area contributed by atoms with Gasteiger partial charge in [0.25, 0.3) is 5.91 Å². The molecule has 33 heavy (non-hydrogen) atoms. The molecule has 0 saturated carbocycles. The molecule has 2 aromatic heterocycles. The molecule has 0 bridgehead atoms. The number of para-hydroxylation sites is 1. The molecule has 1 saturated heterocycles. The lowest BCUT2D eigenvalue weighted by molar-refractivity contribution is -0.274. The van der Waals surface area contributed by atoms with Gasteiger partial charge in [0, 0.05) is 37.9 Å². The quantitative estimate of drug-likeness (QED) is 0.594. The Morgan fingerprint density at radius 3 is 2.30 bits per heavy atom. The van der Waals surface area contributed by atoms with Gasteiger partial charge in [0.05, 0.1) is 11.3 Å². The van der Waals surface area contributed by atoms with E-state index in [1.54, 1.807) is 6.33 Å². The maximum Gasteiger partial charge on any atom is 0.573 e. The van der Waals surface area contributed by atoms with E-state index in [2.05, 4.69) is 19.7 Å². The zero-order valence-electron chi connectivity index (χ0n) is 18.4. The highest BCUT2D eigenvalue weighted by atomic mass is 19.4. The van der Waals surface area contributed by atoms with Crippen LogP contribution in [0.1, 0.15) is 27.6 Å². The van der Waals surface area contributed by atoms with Crippen LogP contribution < -0.4 is 9.64 Å². The first-order valence-electron chi connectivity index (χ1n) is 10.4. The third kappa shape index (κ3) is 4.91. The molecular formula is C22H23F3N6O2. The molecule has 0 N–H and O–H groups in total. The lowest BCUT2D eigenvalue weighted by Gasteiger charge is -2.35. The molecule has 0 aliphatic carbocycles. The number of benzene rings is 1. The van der Waals surface area contributed by atoms with Crippen molar-refractivity contribution in [3.8, 4) is 11.6 Å². The van der Waals surface area contributed by atoms with Crippen molar-refractivity contribution in [1.29, 1.82) is 0 Å². The largest absolute Gasteiger partial charge is 0.573 e. The number of alkyl halides is 3. The molecule has 1 aromatic carbocycles. The number of carbonyl (C=O) groups excluding carboxylic acids is 1. The highest BCUT2D eigenvalue weighted by Gasteiger charge is 2.34. The third-order valence-electron chi connectivity index (χ3n) is 5.54. The number of piperazine rings is 1. The highest BCUT2D eigenvalue weighted by molar-refractivity contribution is 5.97. The SMILES string of the molecule is Cc1nc(N2CCN(C(=O)c3ccccc3OC(F)(F)F)CC2)cc(-n2cnc(C)c2C)n1. The number of imidazole rings is 1. The van der Waals surface area contributed by atoms with Gasteiger partial charge in [-0.25, -0.2) is 15.0 Å². The van der Waals surface area contributed by atoms with Crippen LogP contribution in [0.4, 0.5) is 19.0 Å². The number of halogens is 3. The van der Waals surface area contributed by atoms with Gasteiger partial charge >= 0.3 is 6.36 Å². The summed E-state index contributed by atoms with van der Waals surface area (Å²) < 4.78 is 44.1. The normalized spacial score (nSPS) is 14.5. The Kier molecular flexibility index (Phi) is 5.96. The molecule has 3 heterocycles. The molecular weight excluding hydrogens is 437 g/mol. The van der Waals surface area contributed by atoms with Gasteiger partial charge < -0.3 is 14.5 Å². The molecule has 0 radical (unpaired) electrons. The van der Waals surface area contributed by atoms with Crippen LogP contribution in [0, 0.1) is 20.8 Å². The molecule has 1 fully saturated rings. The number of amides is 1. The van der Waals surface area contributed by atoms with Crippen molar-refractivity contribution in [2.24, 2.45) is 0 Å². The van der Waals surface area contributed by atoms with Crippen molar-refractivity contribution < 1.29 is 22.7 Å². The van der Waals surface area contributed by atoms with Gasteiger partial charge in [0.15, 0.2) is 0 Å². The second kappa shape index (κ2) is 8.72. The first-order valence-corrected chi connectivity index (χ1v) is 10.4. The summed E-state index contributed by atoms with van der Waals surface area (Å²) in [7, 11) is 0. The molecule has 11 heteroatoms. The lowest BCUT2D eigenvalue weighted by atomic mass is 10.1. The van der Waals surface area contributed by atoms with Gasteiger partial charge in [-0.15, -0.1) is 13.2 Å². The van der Waals surface area contributed by atoms with E-state index in [0.29, 0.717) is 37.8 Å². The summed E-state index contributed by atoms with van der Waals surface area (Å²) in [6.07, 6.45) is -3.16. The van der Waals surface area contributed by atoms with Gasteiger partial charge in [-0.05, 0) is 32.9 Å². The number of nitrogens with zero attached hydrogens (tertiary/aromatic N) is 6. The van der Waals surface area contributed by atoms with Crippen LogP contribution >= 0.6 is 0 Å². The van der Waals surface area contributed by atoms with Crippen LogP contribution in [-0.4, -0.2) is 62.9 Å². The Morgan fingerprint density at radius 2 is 1.67 bits per heavy atom. The number of carbonyl (C=O) groups is 1. The fourth-order valence-electron chi connectivity index (χ4n) is 3.72. The average Bonchev–Trinajstić information content (AvgIpc) is 3.10. The summed E-state index contributed by atoms with van der Waals surface area (Å²) in [6, 6.07) is 7.25. The van der Waals surface area contributed by atoms with Crippen LogP contribution in [0.15, 0.2) is 36.7 Å². The summed E-state index contributed by atoms with van der Waals surface area (Å²) in [6.45, 7) is 7.32. The molecule has 4 rings (SSSR count). The molecule has 1 aliphatic heterocycles. The van der Waals surface area contributed by atoms with Crippen molar-refractivity contribution in [2.75, 3.05) is 31.1 Å². The molecule has 174 valence electrons. The molecule has 0 atom stereocenters. The van der Waals surface area contributed by atoms with Crippen molar-refractivity contribution in [2.45, 2.75) is 27.1 Å². The standard InChI is InChI=1S/C22H23F3N6O2/c1-14-15(2)31(13-26-14)20-12-19(27-16(3)28-20)29-8-10-30(11-9-29)21(32)17-6-4-5-7-18(17)33-22(23,24)25/h4-7,12-13H,8-11H2,1-3H3. The van der Waals surface area contributed by atoms with E-state index in [9.17, 15) is 18.0 Å². The zero-order valence-corrected chi connectivity index (χ0v) is 18.4. The topological polar surface area (TPSA) is 76.4 Å². The Morgan fingerprint density at radius 1 is 1.00 bits per heavy atom. The minimum absolute atomic E-state index is 0.116. The molecule has 8 nitrogen and oxygen atoms in total. The lowest BCUT2D eigenvalue weighted by Crippen LogP contribution is -2.49. The molecule has 0 unspecified atom stereocenters. The van der Waals surface area contributed by atoms with E-state index in [0.717, 1.165) is 23.3 Å². The number of ether oxygens (including phenoxy) is 1.